The highest BCUT2D eigenvalue weighted by Crippen LogP contribution is 2.45. The molecule has 33 heavy (non-hydrogen) atoms. The van der Waals surface area contributed by atoms with Crippen LogP contribution in [0.15, 0.2) is 18.5 Å². The average Bonchev–Trinajstić information content (AvgIpc) is 3.10. The highest BCUT2D eigenvalue weighted by atomic mass is 35.5. The van der Waals surface area contributed by atoms with Gasteiger partial charge < -0.3 is 18.8 Å². The summed E-state index contributed by atoms with van der Waals surface area (Å²) < 4.78 is 8.08. The summed E-state index contributed by atoms with van der Waals surface area (Å²) in [6.45, 7) is 22.5. The molecule has 1 aliphatic rings. The Bertz CT molecular complexity index is 966. The molecular formula is C25H41ClN4O2Si. The largest absolute Gasteiger partial charge is 0.444 e. The number of anilines is 1. The van der Waals surface area contributed by atoms with E-state index in [4.69, 9.17) is 21.3 Å². The third kappa shape index (κ3) is 4.76. The minimum Gasteiger partial charge on any atom is -0.444 e. The molecule has 2 aromatic heterocycles. The van der Waals surface area contributed by atoms with Crippen molar-refractivity contribution in [3.63, 3.8) is 0 Å². The van der Waals surface area contributed by atoms with Crippen molar-refractivity contribution >= 4 is 42.7 Å². The molecule has 1 amide bonds. The van der Waals surface area contributed by atoms with E-state index in [2.05, 4.69) is 62.9 Å². The summed E-state index contributed by atoms with van der Waals surface area (Å²) in [5, 5.41) is 1.77. The van der Waals surface area contributed by atoms with Crippen LogP contribution in [0.5, 0.6) is 0 Å². The Labute approximate surface area is 205 Å². The molecule has 0 radical (unpaired) electrons. The van der Waals surface area contributed by atoms with E-state index < -0.39 is 13.8 Å². The number of piperazine rings is 1. The Kier molecular flexibility index (Phi) is 7.44. The second-order valence-corrected chi connectivity index (χ2v) is 17.3. The van der Waals surface area contributed by atoms with Gasteiger partial charge in [0.05, 0.1) is 16.9 Å². The maximum absolute atomic E-state index is 12.5. The van der Waals surface area contributed by atoms with Crippen molar-refractivity contribution in [1.82, 2.24) is 14.1 Å². The molecule has 0 spiro atoms. The van der Waals surface area contributed by atoms with Gasteiger partial charge in [0.25, 0.3) is 0 Å². The van der Waals surface area contributed by atoms with Crippen LogP contribution in [0.4, 0.5) is 10.5 Å². The van der Waals surface area contributed by atoms with Crippen LogP contribution in [0.3, 0.4) is 0 Å². The topological polar surface area (TPSA) is 50.6 Å². The Morgan fingerprint density at radius 2 is 1.58 bits per heavy atom. The number of aromatic nitrogens is 2. The summed E-state index contributed by atoms with van der Waals surface area (Å²) >= 11 is 6.73. The van der Waals surface area contributed by atoms with E-state index in [-0.39, 0.29) is 6.09 Å². The SMILES string of the molecule is CC(C)[Si](C(C)C)(C(C)C)n1ccc2c(N3CCN(C(=O)OC(C)(C)C)CC3)c(Cl)cnc21. The zero-order chi connectivity index (χ0) is 24.7. The lowest BCUT2D eigenvalue weighted by molar-refractivity contribution is 0.0240. The predicted octanol–water partition coefficient (Wildman–Crippen LogP) is 6.77. The fraction of sp³-hybridized carbons (Fsp3) is 0.680. The van der Waals surface area contributed by atoms with Crippen LogP contribution in [0, 0.1) is 0 Å². The second-order valence-electron chi connectivity index (χ2n) is 11.2. The van der Waals surface area contributed by atoms with Crippen LogP contribution in [0.25, 0.3) is 11.0 Å². The van der Waals surface area contributed by atoms with E-state index in [0.717, 1.165) is 16.7 Å². The zero-order valence-corrected chi connectivity index (χ0v) is 23.5. The van der Waals surface area contributed by atoms with Gasteiger partial charge in [-0.15, -0.1) is 0 Å². The Hall–Kier alpha value is -1.73. The Morgan fingerprint density at radius 3 is 2.06 bits per heavy atom. The summed E-state index contributed by atoms with van der Waals surface area (Å²) in [5.74, 6) is 0. The van der Waals surface area contributed by atoms with E-state index in [1.165, 1.54) is 0 Å². The summed E-state index contributed by atoms with van der Waals surface area (Å²) in [6, 6.07) is 2.19. The van der Waals surface area contributed by atoms with Crippen molar-refractivity contribution in [3.05, 3.63) is 23.5 Å². The number of nitrogens with zero attached hydrogens (tertiary/aromatic N) is 4. The van der Waals surface area contributed by atoms with Gasteiger partial charge in [0.1, 0.15) is 11.2 Å². The van der Waals surface area contributed by atoms with E-state index in [1.807, 2.05) is 20.8 Å². The van der Waals surface area contributed by atoms with E-state index in [9.17, 15) is 4.79 Å². The first kappa shape index (κ1) is 25.9. The third-order valence-electron chi connectivity index (χ3n) is 7.08. The van der Waals surface area contributed by atoms with Crippen molar-refractivity contribution in [3.8, 4) is 0 Å². The average molecular weight is 493 g/mol. The lowest BCUT2D eigenvalue weighted by Gasteiger charge is -2.44. The van der Waals surface area contributed by atoms with Gasteiger partial charge in [0.2, 0.25) is 0 Å². The standard InChI is InChI=1S/C25H41ClN4O2Si/c1-17(2)33(18(3)4,19(5)6)30-11-10-20-22(21(26)16-27-23(20)30)28-12-14-29(15-13-28)24(31)32-25(7,8)9/h10-11,16-19H,12-15H2,1-9H3. The highest BCUT2D eigenvalue weighted by Gasteiger charge is 2.46. The van der Waals surface area contributed by atoms with Crippen LogP contribution < -0.4 is 4.90 Å². The molecule has 0 unspecified atom stereocenters. The summed E-state index contributed by atoms with van der Waals surface area (Å²) in [4.78, 5) is 21.4. The van der Waals surface area contributed by atoms with Crippen molar-refractivity contribution in [2.24, 2.45) is 0 Å². The van der Waals surface area contributed by atoms with Crippen LogP contribution >= 0.6 is 11.6 Å². The van der Waals surface area contributed by atoms with Crippen molar-refractivity contribution in [2.45, 2.75) is 84.5 Å². The molecule has 0 aromatic carbocycles. The van der Waals surface area contributed by atoms with Gasteiger partial charge in [-0.25, -0.2) is 9.78 Å². The molecule has 8 heteroatoms. The van der Waals surface area contributed by atoms with E-state index >= 15 is 0 Å². The molecule has 1 saturated heterocycles. The van der Waals surface area contributed by atoms with Crippen LogP contribution in [0.2, 0.25) is 21.6 Å². The number of amides is 1. The minimum atomic E-state index is -1.93. The number of hydrogen-bond donors (Lipinski definition) is 0. The van der Waals surface area contributed by atoms with Crippen molar-refractivity contribution in [1.29, 1.82) is 0 Å². The monoisotopic (exact) mass is 492 g/mol. The molecule has 3 rings (SSSR count). The summed E-state index contributed by atoms with van der Waals surface area (Å²) in [6.07, 6.45) is 3.80. The molecule has 1 aliphatic heterocycles. The van der Waals surface area contributed by atoms with Crippen LogP contribution in [0.1, 0.15) is 62.3 Å². The van der Waals surface area contributed by atoms with E-state index in [0.29, 0.717) is 47.8 Å². The summed E-state index contributed by atoms with van der Waals surface area (Å²) in [7, 11) is -1.93. The Morgan fingerprint density at radius 1 is 1.03 bits per heavy atom. The quantitative estimate of drug-likeness (QED) is 0.432. The van der Waals surface area contributed by atoms with Gasteiger partial charge in [-0.1, -0.05) is 53.1 Å². The van der Waals surface area contributed by atoms with Gasteiger partial charge >= 0.3 is 6.09 Å². The molecule has 0 saturated carbocycles. The highest BCUT2D eigenvalue weighted by molar-refractivity contribution is 6.82. The smallest absolute Gasteiger partial charge is 0.410 e. The van der Waals surface area contributed by atoms with Gasteiger partial charge in [0.15, 0.2) is 8.24 Å². The Balaban J connectivity index is 1.96. The molecule has 2 aromatic rings. The molecule has 0 atom stereocenters. The number of carbonyl (C=O) groups excluding carboxylic acids is 1. The van der Waals surface area contributed by atoms with Gasteiger partial charge in [-0.3, -0.25) is 0 Å². The van der Waals surface area contributed by atoms with Crippen LogP contribution in [-0.2, 0) is 4.74 Å². The fourth-order valence-corrected chi connectivity index (χ4v) is 12.8. The van der Waals surface area contributed by atoms with Gasteiger partial charge in [-0.2, -0.15) is 0 Å². The number of halogens is 1. The molecule has 184 valence electrons. The molecule has 0 aliphatic carbocycles. The van der Waals surface area contributed by atoms with Crippen molar-refractivity contribution in [2.75, 3.05) is 31.1 Å². The third-order valence-corrected chi connectivity index (χ3v) is 14.1. The number of ether oxygens (including phenoxy) is 1. The second kappa shape index (κ2) is 9.49. The minimum absolute atomic E-state index is 0.249. The lowest BCUT2D eigenvalue weighted by atomic mass is 10.2. The van der Waals surface area contributed by atoms with Gasteiger partial charge in [0, 0.05) is 31.6 Å². The van der Waals surface area contributed by atoms with Crippen molar-refractivity contribution < 1.29 is 9.53 Å². The number of hydrogen-bond acceptors (Lipinski definition) is 4. The first-order chi connectivity index (χ1) is 15.3. The number of pyridine rings is 1. The normalized spacial score (nSPS) is 15.9. The number of fused-ring (bicyclic) bond motifs is 1. The van der Waals surface area contributed by atoms with E-state index in [1.54, 1.807) is 11.1 Å². The molecule has 0 bridgehead atoms. The summed E-state index contributed by atoms with van der Waals surface area (Å²) in [5.41, 5.74) is 3.30. The molecule has 6 nitrogen and oxygen atoms in total. The molecule has 0 N–H and O–H groups in total. The molecule has 1 fully saturated rings. The van der Waals surface area contributed by atoms with Crippen LogP contribution in [-0.4, -0.2) is 60.2 Å². The maximum Gasteiger partial charge on any atom is 0.410 e. The van der Waals surface area contributed by atoms with Gasteiger partial charge in [-0.05, 0) is 49.7 Å². The molecular weight excluding hydrogens is 452 g/mol. The molecule has 3 heterocycles. The first-order valence-corrected chi connectivity index (χ1v) is 14.7. The number of rotatable bonds is 5. The first-order valence-electron chi connectivity index (χ1n) is 12.2. The maximum atomic E-state index is 12.5. The lowest BCUT2D eigenvalue weighted by Crippen LogP contribution is -2.51. The fourth-order valence-electron chi connectivity index (χ4n) is 5.96. The zero-order valence-electron chi connectivity index (χ0n) is 21.8. The number of carbonyl (C=O) groups is 1. The predicted molar refractivity (Wildman–Crippen MR) is 141 cm³/mol.